The van der Waals surface area contributed by atoms with Gasteiger partial charge in [0.1, 0.15) is 0 Å². The highest BCUT2D eigenvalue weighted by Gasteiger charge is 2.18. The lowest BCUT2D eigenvalue weighted by molar-refractivity contribution is 0.598. The number of hydrogen-bond acceptors (Lipinski definition) is 4. The molecule has 0 atom stereocenters. The van der Waals surface area contributed by atoms with Gasteiger partial charge in [-0.2, -0.15) is 5.10 Å². The summed E-state index contributed by atoms with van der Waals surface area (Å²) in [6.07, 6.45) is 2.91. The average Bonchev–Trinajstić information content (AvgIpc) is 2.88. The molecule has 1 heterocycles. The summed E-state index contributed by atoms with van der Waals surface area (Å²) < 4.78 is 27.1. The molecule has 0 aliphatic rings. The molecular weight excluding hydrogens is 264 g/mol. The Morgan fingerprint density at radius 2 is 2.11 bits per heavy atom. The summed E-state index contributed by atoms with van der Waals surface area (Å²) in [5.74, 6) is 0. The normalized spacial score (nSPS) is 11.4. The number of anilines is 1. The second-order valence-corrected chi connectivity index (χ2v) is 5.63. The van der Waals surface area contributed by atoms with Crippen LogP contribution in [0.15, 0.2) is 41.6 Å². The molecule has 7 heteroatoms. The molecule has 0 amide bonds. The van der Waals surface area contributed by atoms with Crippen molar-refractivity contribution in [3.8, 4) is 0 Å². The summed E-state index contributed by atoms with van der Waals surface area (Å²) in [6, 6.07) is 6.92. The number of hydrogen-bond donors (Lipinski definition) is 3. The lowest BCUT2D eigenvalue weighted by Crippen LogP contribution is -2.18. The number of H-pyrrole nitrogens is 1. The van der Waals surface area contributed by atoms with Crippen LogP contribution in [0.25, 0.3) is 0 Å². The summed E-state index contributed by atoms with van der Waals surface area (Å²) in [5, 5.41) is 9.40. The van der Waals surface area contributed by atoms with Crippen molar-refractivity contribution < 1.29 is 8.42 Å². The first-order valence-electron chi connectivity index (χ1n) is 5.93. The molecule has 2 aromatic rings. The molecule has 19 heavy (non-hydrogen) atoms. The highest BCUT2D eigenvalue weighted by atomic mass is 32.2. The lowest BCUT2D eigenvalue weighted by Gasteiger charge is -2.11. The molecule has 0 spiro atoms. The van der Waals surface area contributed by atoms with Crippen LogP contribution in [0.3, 0.4) is 0 Å². The molecule has 0 aliphatic heterocycles. The highest BCUT2D eigenvalue weighted by Crippen LogP contribution is 2.18. The molecule has 2 rings (SSSR count). The summed E-state index contributed by atoms with van der Waals surface area (Å²) >= 11 is 0. The van der Waals surface area contributed by atoms with E-state index < -0.39 is 10.0 Å². The second-order valence-electron chi connectivity index (χ2n) is 3.98. The Morgan fingerprint density at radius 1 is 1.32 bits per heavy atom. The number of aromatic amines is 1. The van der Waals surface area contributed by atoms with Gasteiger partial charge in [0.2, 0.25) is 0 Å². The van der Waals surface area contributed by atoms with Gasteiger partial charge in [-0.05, 0) is 18.2 Å². The monoisotopic (exact) mass is 280 g/mol. The zero-order chi connectivity index (χ0) is 13.7. The minimum atomic E-state index is -3.59. The topological polar surface area (TPSA) is 86.9 Å². The van der Waals surface area contributed by atoms with Crippen LogP contribution < -0.4 is 10.0 Å². The Morgan fingerprint density at radius 3 is 2.79 bits per heavy atom. The number of sulfonamides is 1. The van der Waals surface area contributed by atoms with E-state index in [4.69, 9.17) is 0 Å². The SMILES string of the molecule is CCNCc1ccccc1S(=O)(=O)Nc1cn[nH]c1. The molecule has 0 saturated heterocycles. The molecule has 0 fully saturated rings. The van der Waals surface area contributed by atoms with Crippen molar-refractivity contribution in [2.75, 3.05) is 11.3 Å². The molecule has 6 nitrogen and oxygen atoms in total. The van der Waals surface area contributed by atoms with Gasteiger partial charge in [-0.15, -0.1) is 0 Å². The maximum Gasteiger partial charge on any atom is 0.262 e. The molecule has 0 bridgehead atoms. The average molecular weight is 280 g/mol. The third kappa shape index (κ3) is 3.33. The van der Waals surface area contributed by atoms with E-state index in [1.54, 1.807) is 18.2 Å². The standard InChI is InChI=1S/C12H16N4O2S/c1-2-13-7-10-5-3-4-6-12(10)19(17,18)16-11-8-14-15-9-11/h3-6,8-9,13,16H,2,7H2,1H3,(H,14,15). The van der Waals surface area contributed by atoms with E-state index in [0.29, 0.717) is 12.2 Å². The van der Waals surface area contributed by atoms with Crippen LogP contribution in [0.5, 0.6) is 0 Å². The van der Waals surface area contributed by atoms with Crippen LogP contribution in [0.4, 0.5) is 5.69 Å². The lowest BCUT2D eigenvalue weighted by atomic mass is 10.2. The van der Waals surface area contributed by atoms with Crippen LogP contribution in [-0.2, 0) is 16.6 Å². The first-order chi connectivity index (χ1) is 9.13. The Hall–Kier alpha value is -1.86. The van der Waals surface area contributed by atoms with Gasteiger partial charge in [-0.25, -0.2) is 8.42 Å². The van der Waals surface area contributed by atoms with Crippen molar-refractivity contribution in [2.45, 2.75) is 18.4 Å². The Labute approximate surface area is 112 Å². The van der Waals surface area contributed by atoms with Crippen molar-refractivity contribution in [3.63, 3.8) is 0 Å². The Balaban J connectivity index is 2.29. The van der Waals surface area contributed by atoms with E-state index in [1.165, 1.54) is 12.4 Å². The van der Waals surface area contributed by atoms with Crippen LogP contribution in [0.2, 0.25) is 0 Å². The van der Waals surface area contributed by atoms with Crippen LogP contribution in [0, 0.1) is 0 Å². The maximum absolute atomic E-state index is 12.3. The molecule has 0 saturated carbocycles. The zero-order valence-electron chi connectivity index (χ0n) is 10.6. The molecule has 0 unspecified atom stereocenters. The van der Waals surface area contributed by atoms with Crippen LogP contribution in [-0.4, -0.2) is 25.2 Å². The summed E-state index contributed by atoms with van der Waals surface area (Å²) in [4.78, 5) is 0.275. The van der Waals surface area contributed by atoms with Crippen molar-refractivity contribution in [1.82, 2.24) is 15.5 Å². The second kappa shape index (κ2) is 5.85. The van der Waals surface area contributed by atoms with Crippen molar-refractivity contribution in [1.29, 1.82) is 0 Å². The fourth-order valence-electron chi connectivity index (χ4n) is 1.69. The minimum absolute atomic E-state index is 0.275. The number of nitrogens with one attached hydrogen (secondary N) is 3. The quantitative estimate of drug-likeness (QED) is 0.745. The van der Waals surface area contributed by atoms with Gasteiger partial charge in [0.15, 0.2) is 0 Å². The molecule has 1 aromatic carbocycles. The first kappa shape index (κ1) is 13.6. The summed E-state index contributed by atoms with van der Waals surface area (Å²) in [6.45, 7) is 3.27. The van der Waals surface area contributed by atoms with E-state index >= 15 is 0 Å². The van der Waals surface area contributed by atoms with E-state index in [9.17, 15) is 8.42 Å². The Kier molecular flexibility index (Phi) is 4.18. The van der Waals surface area contributed by atoms with Crippen LogP contribution in [0.1, 0.15) is 12.5 Å². The van der Waals surface area contributed by atoms with Crippen LogP contribution >= 0.6 is 0 Å². The Bertz CT molecular complexity index is 623. The maximum atomic E-state index is 12.3. The molecule has 1 aromatic heterocycles. The van der Waals surface area contributed by atoms with E-state index in [0.717, 1.165) is 12.1 Å². The molecule has 0 aliphatic carbocycles. The van der Waals surface area contributed by atoms with Gasteiger partial charge in [-0.3, -0.25) is 9.82 Å². The van der Waals surface area contributed by atoms with Crippen molar-refractivity contribution in [2.24, 2.45) is 0 Å². The summed E-state index contributed by atoms with van der Waals surface area (Å²) in [7, 11) is -3.59. The van der Waals surface area contributed by atoms with Gasteiger partial charge in [0, 0.05) is 12.7 Å². The van der Waals surface area contributed by atoms with E-state index in [1.807, 2.05) is 13.0 Å². The molecule has 102 valence electrons. The molecular formula is C12H16N4O2S. The number of aromatic nitrogens is 2. The highest BCUT2D eigenvalue weighted by molar-refractivity contribution is 7.92. The zero-order valence-corrected chi connectivity index (χ0v) is 11.4. The smallest absolute Gasteiger partial charge is 0.262 e. The first-order valence-corrected chi connectivity index (χ1v) is 7.42. The van der Waals surface area contributed by atoms with Gasteiger partial charge >= 0.3 is 0 Å². The number of benzene rings is 1. The molecule has 0 radical (unpaired) electrons. The third-order valence-corrected chi connectivity index (χ3v) is 4.06. The van der Waals surface area contributed by atoms with E-state index in [2.05, 4.69) is 20.2 Å². The van der Waals surface area contributed by atoms with Gasteiger partial charge in [0.25, 0.3) is 10.0 Å². The summed E-state index contributed by atoms with van der Waals surface area (Å²) in [5.41, 5.74) is 1.15. The minimum Gasteiger partial charge on any atom is -0.313 e. The van der Waals surface area contributed by atoms with Gasteiger partial charge in [0.05, 0.1) is 16.8 Å². The predicted octanol–water partition coefficient (Wildman–Crippen LogP) is 1.32. The van der Waals surface area contributed by atoms with Gasteiger partial charge < -0.3 is 5.32 Å². The third-order valence-electron chi connectivity index (χ3n) is 2.58. The van der Waals surface area contributed by atoms with Crippen molar-refractivity contribution in [3.05, 3.63) is 42.2 Å². The van der Waals surface area contributed by atoms with Gasteiger partial charge in [-0.1, -0.05) is 25.1 Å². The fourth-order valence-corrected chi connectivity index (χ4v) is 2.96. The largest absolute Gasteiger partial charge is 0.313 e. The molecule has 3 N–H and O–H groups in total. The van der Waals surface area contributed by atoms with Crippen molar-refractivity contribution >= 4 is 15.7 Å². The fraction of sp³-hybridized carbons (Fsp3) is 0.250. The number of nitrogens with zero attached hydrogens (tertiary/aromatic N) is 1. The predicted molar refractivity (Wildman–Crippen MR) is 73.2 cm³/mol. The van der Waals surface area contributed by atoms with E-state index in [-0.39, 0.29) is 4.90 Å². The number of rotatable bonds is 6.